The standard InChI is InChI=1S/C25H24N2O5S2/c1-15-27-23-21(34-15)11-19(17-4-9-33-24(17)23)30-12-22(28)26-13-25(5-7-29-8-6-25)16-2-3-18-20(10-16)32-14-31-18/h2-4,9-11H,5-8,12-14H2,1H3,(H,26,28). The molecule has 1 saturated heterocycles. The minimum absolute atomic E-state index is 0.0397. The van der Waals surface area contributed by atoms with E-state index in [0.29, 0.717) is 19.8 Å². The van der Waals surface area contributed by atoms with Gasteiger partial charge in [-0.2, -0.15) is 0 Å². The second kappa shape index (κ2) is 8.72. The van der Waals surface area contributed by atoms with Gasteiger partial charge in [-0.3, -0.25) is 4.79 Å². The fourth-order valence-electron chi connectivity index (χ4n) is 4.72. The number of thiazole rings is 1. The van der Waals surface area contributed by atoms with Gasteiger partial charge in [-0.25, -0.2) is 4.98 Å². The average molecular weight is 497 g/mol. The fourth-order valence-corrected chi connectivity index (χ4v) is 6.56. The highest BCUT2D eigenvalue weighted by Gasteiger charge is 2.36. The zero-order valence-corrected chi connectivity index (χ0v) is 20.4. The molecule has 2 aliphatic rings. The van der Waals surface area contributed by atoms with Crippen LogP contribution in [0.3, 0.4) is 0 Å². The first-order valence-electron chi connectivity index (χ1n) is 11.3. The second-order valence-electron chi connectivity index (χ2n) is 8.64. The maximum absolute atomic E-state index is 12.8. The number of nitrogens with one attached hydrogen (secondary N) is 1. The topological polar surface area (TPSA) is 78.9 Å². The van der Waals surface area contributed by atoms with Crippen LogP contribution < -0.4 is 19.5 Å². The summed E-state index contributed by atoms with van der Waals surface area (Å²) in [6.45, 7) is 4.04. The average Bonchev–Trinajstić information content (AvgIpc) is 3.60. The number of carbonyl (C=O) groups is 1. The van der Waals surface area contributed by atoms with Gasteiger partial charge in [0.25, 0.3) is 5.91 Å². The number of rotatable bonds is 6. The van der Waals surface area contributed by atoms with Crippen LogP contribution in [0.2, 0.25) is 0 Å². The summed E-state index contributed by atoms with van der Waals surface area (Å²) in [6, 6.07) is 10.1. The van der Waals surface area contributed by atoms with Crippen molar-refractivity contribution in [3.8, 4) is 17.2 Å². The summed E-state index contributed by atoms with van der Waals surface area (Å²) in [5.41, 5.74) is 1.93. The Labute approximate surface area is 204 Å². The van der Waals surface area contributed by atoms with E-state index in [4.69, 9.17) is 18.9 Å². The van der Waals surface area contributed by atoms with E-state index in [1.807, 2.05) is 36.6 Å². The minimum Gasteiger partial charge on any atom is -0.483 e. The summed E-state index contributed by atoms with van der Waals surface area (Å²) in [5, 5.41) is 7.16. The minimum atomic E-state index is -0.214. The Bertz CT molecular complexity index is 1370. The summed E-state index contributed by atoms with van der Waals surface area (Å²) in [7, 11) is 0. The highest BCUT2D eigenvalue weighted by atomic mass is 32.1. The van der Waals surface area contributed by atoms with E-state index in [-0.39, 0.29) is 24.7 Å². The summed E-state index contributed by atoms with van der Waals surface area (Å²) in [4.78, 5) is 17.5. The molecule has 1 amide bonds. The molecular weight excluding hydrogens is 472 g/mol. The highest BCUT2D eigenvalue weighted by molar-refractivity contribution is 7.21. The monoisotopic (exact) mass is 496 g/mol. The first-order chi connectivity index (χ1) is 16.6. The number of nitrogens with zero attached hydrogens (tertiary/aromatic N) is 1. The van der Waals surface area contributed by atoms with Crippen molar-refractivity contribution >= 4 is 48.9 Å². The third kappa shape index (κ3) is 3.87. The van der Waals surface area contributed by atoms with Crippen LogP contribution in [0.15, 0.2) is 35.7 Å². The first-order valence-corrected chi connectivity index (χ1v) is 13.0. The summed E-state index contributed by atoms with van der Waals surface area (Å²) < 4.78 is 24.9. The molecule has 2 aromatic heterocycles. The van der Waals surface area contributed by atoms with Gasteiger partial charge in [0.1, 0.15) is 5.75 Å². The van der Waals surface area contributed by atoms with Crippen LogP contribution in [0.5, 0.6) is 17.2 Å². The number of hydrogen-bond acceptors (Lipinski definition) is 8. The third-order valence-corrected chi connectivity index (χ3v) is 8.42. The number of fused-ring (bicyclic) bond motifs is 4. The van der Waals surface area contributed by atoms with Gasteiger partial charge >= 0.3 is 0 Å². The van der Waals surface area contributed by atoms with Crippen LogP contribution >= 0.6 is 22.7 Å². The van der Waals surface area contributed by atoms with E-state index >= 15 is 0 Å². The van der Waals surface area contributed by atoms with Crippen molar-refractivity contribution in [1.82, 2.24) is 10.3 Å². The molecule has 1 N–H and O–H groups in total. The molecule has 1 fully saturated rings. The molecule has 2 aliphatic heterocycles. The first kappa shape index (κ1) is 21.6. The van der Waals surface area contributed by atoms with E-state index < -0.39 is 0 Å². The number of aryl methyl sites for hydroxylation is 1. The van der Waals surface area contributed by atoms with Gasteiger partial charge in [0.2, 0.25) is 6.79 Å². The Hall–Kier alpha value is -2.88. The molecule has 4 aromatic rings. The van der Waals surface area contributed by atoms with Crippen LogP contribution in [0.25, 0.3) is 20.3 Å². The maximum Gasteiger partial charge on any atom is 0.257 e. The molecule has 0 spiro atoms. The summed E-state index contributed by atoms with van der Waals surface area (Å²) in [6.07, 6.45) is 1.65. The number of aromatic nitrogens is 1. The molecular formula is C25H24N2O5S2. The van der Waals surface area contributed by atoms with Gasteiger partial charge < -0.3 is 24.3 Å². The van der Waals surface area contributed by atoms with E-state index in [1.165, 1.54) is 0 Å². The second-order valence-corrected chi connectivity index (χ2v) is 10.8. The van der Waals surface area contributed by atoms with E-state index in [1.54, 1.807) is 22.7 Å². The third-order valence-electron chi connectivity index (χ3n) is 6.59. The van der Waals surface area contributed by atoms with Crippen LogP contribution in [0.4, 0.5) is 0 Å². The van der Waals surface area contributed by atoms with Crippen molar-refractivity contribution in [1.29, 1.82) is 0 Å². The van der Waals surface area contributed by atoms with Crippen molar-refractivity contribution in [3.05, 3.63) is 46.3 Å². The fraction of sp³-hybridized carbons (Fsp3) is 0.360. The lowest BCUT2D eigenvalue weighted by Crippen LogP contribution is -2.45. The smallest absolute Gasteiger partial charge is 0.257 e. The number of hydrogen-bond donors (Lipinski definition) is 1. The van der Waals surface area contributed by atoms with Crippen molar-refractivity contribution in [2.45, 2.75) is 25.2 Å². The molecule has 0 atom stereocenters. The van der Waals surface area contributed by atoms with Gasteiger partial charge in [-0.1, -0.05) is 6.07 Å². The molecule has 7 nitrogen and oxygen atoms in total. The predicted octanol–water partition coefficient (Wildman–Crippen LogP) is 4.79. The molecule has 9 heteroatoms. The SMILES string of the molecule is Cc1nc2c(cc(OCC(=O)NCC3(c4ccc5c(c4)OCO5)CCOCC3)c3ccsc32)s1. The van der Waals surface area contributed by atoms with Gasteiger partial charge in [0.05, 0.1) is 19.9 Å². The Balaban J connectivity index is 1.17. The van der Waals surface area contributed by atoms with Crippen molar-refractivity contribution in [2.24, 2.45) is 0 Å². The zero-order valence-electron chi connectivity index (χ0n) is 18.7. The Morgan fingerprint density at radius 1 is 1.18 bits per heavy atom. The van der Waals surface area contributed by atoms with E-state index in [0.717, 1.165) is 61.0 Å². The molecule has 2 aromatic carbocycles. The zero-order chi connectivity index (χ0) is 23.1. The number of benzene rings is 2. The highest BCUT2D eigenvalue weighted by Crippen LogP contribution is 2.41. The largest absolute Gasteiger partial charge is 0.483 e. The molecule has 34 heavy (non-hydrogen) atoms. The van der Waals surface area contributed by atoms with Gasteiger partial charge in [0, 0.05) is 36.6 Å². The Morgan fingerprint density at radius 3 is 2.91 bits per heavy atom. The van der Waals surface area contributed by atoms with Crippen molar-refractivity contribution in [2.75, 3.05) is 33.2 Å². The molecule has 0 radical (unpaired) electrons. The number of amides is 1. The maximum atomic E-state index is 12.8. The number of thiophene rings is 1. The molecule has 0 saturated carbocycles. The Morgan fingerprint density at radius 2 is 2.03 bits per heavy atom. The van der Waals surface area contributed by atoms with Crippen molar-refractivity contribution < 1.29 is 23.7 Å². The number of ether oxygens (including phenoxy) is 4. The van der Waals surface area contributed by atoms with Crippen LogP contribution in [-0.4, -0.2) is 44.0 Å². The molecule has 0 aliphatic carbocycles. The van der Waals surface area contributed by atoms with E-state index in [9.17, 15) is 4.79 Å². The normalized spacial score (nSPS) is 16.7. The van der Waals surface area contributed by atoms with E-state index in [2.05, 4.69) is 16.4 Å². The van der Waals surface area contributed by atoms with Crippen LogP contribution in [-0.2, 0) is 14.9 Å². The lowest BCUT2D eigenvalue weighted by atomic mass is 9.74. The lowest BCUT2D eigenvalue weighted by molar-refractivity contribution is -0.123. The quantitative estimate of drug-likeness (QED) is 0.414. The number of carbonyl (C=O) groups excluding carboxylic acids is 1. The van der Waals surface area contributed by atoms with Gasteiger partial charge in [0.15, 0.2) is 18.1 Å². The van der Waals surface area contributed by atoms with Gasteiger partial charge in [-0.15, -0.1) is 22.7 Å². The van der Waals surface area contributed by atoms with Gasteiger partial charge in [-0.05, 0) is 48.9 Å². The lowest BCUT2D eigenvalue weighted by Gasteiger charge is -2.38. The van der Waals surface area contributed by atoms with Crippen LogP contribution in [0.1, 0.15) is 23.4 Å². The molecule has 0 unspecified atom stereocenters. The van der Waals surface area contributed by atoms with Crippen LogP contribution in [0, 0.1) is 6.92 Å². The molecule has 0 bridgehead atoms. The predicted molar refractivity (Wildman–Crippen MR) is 133 cm³/mol. The van der Waals surface area contributed by atoms with Crippen molar-refractivity contribution in [3.63, 3.8) is 0 Å². The summed E-state index contributed by atoms with van der Waals surface area (Å²) in [5.74, 6) is 2.09. The summed E-state index contributed by atoms with van der Waals surface area (Å²) >= 11 is 3.28. The molecule has 176 valence electrons. The Kier molecular flexibility index (Phi) is 5.55. The molecule has 4 heterocycles. The molecule has 6 rings (SSSR count).